The van der Waals surface area contributed by atoms with Crippen molar-refractivity contribution in [2.75, 3.05) is 38.3 Å². The quantitative estimate of drug-likeness (QED) is 0.548. The Morgan fingerprint density at radius 2 is 1.88 bits per heavy atom. The SMILES string of the molecule is COc1ccccc1-c1nc(S(=O)(=O)c2ccc3c(c2)OCCO3)c(N2CCCC(C)C2)o1. The Morgan fingerprint density at radius 1 is 1.09 bits per heavy atom. The van der Waals surface area contributed by atoms with E-state index in [1.807, 2.05) is 17.0 Å². The fourth-order valence-corrected chi connectivity index (χ4v) is 5.62. The van der Waals surface area contributed by atoms with Crippen molar-refractivity contribution in [1.82, 2.24) is 4.98 Å². The molecular weight excluding hydrogens is 444 g/mol. The number of nitrogens with zero attached hydrogens (tertiary/aromatic N) is 2. The highest BCUT2D eigenvalue weighted by Gasteiger charge is 2.34. The average molecular weight is 471 g/mol. The second-order valence-corrected chi connectivity index (χ2v) is 10.2. The molecule has 1 atom stereocenters. The Bertz CT molecular complexity index is 1270. The minimum absolute atomic E-state index is 0.0814. The van der Waals surface area contributed by atoms with Crippen LogP contribution < -0.4 is 19.1 Å². The van der Waals surface area contributed by atoms with Crippen molar-refractivity contribution in [3.8, 4) is 28.7 Å². The number of ether oxygens (including phenoxy) is 3. The molecule has 5 rings (SSSR count). The van der Waals surface area contributed by atoms with Crippen molar-refractivity contribution in [2.45, 2.75) is 29.7 Å². The van der Waals surface area contributed by atoms with Crippen molar-refractivity contribution < 1.29 is 27.0 Å². The molecule has 3 aromatic rings. The minimum Gasteiger partial charge on any atom is -0.496 e. The third kappa shape index (κ3) is 4.01. The van der Waals surface area contributed by atoms with E-state index in [2.05, 4.69) is 11.9 Å². The van der Waals surface area contributed by atoms with Crippen LogP contribution in [0.15, 0.2) is 56.8 Å². The highest BCUT2D eigenvalue weighted by Crippen LogP contribution is 2.40. The fraction of sp³-hybridized carbons (Fsp3) is 0.375. The highest BCUT2D eigenvalue weighted by atomic mass is 32.2. The molecule has 0 spiro atoms. The van der Waals surface area contributed by atoms with Gasteiger partial charge in [-0.05, 0) is 43.0 Å². The zero-order valence-electron chi connectivity index (χ0n) is 18.6. The van der Waals surface area contributed by atoms with Gasteiger partial charge in [0.25, 0.3) is 0 Å². The van der Waals surface area contributed by atoms with Crippen LogP contribution in [0, 0.1) is 5.92 Å². The van der Waals surface area contributed by atoms with Gasteiger partial charge in [-0.2, -0.15) is 4.98 Å². The summed E-state index contributed by atoms with van der Waals surface area (Å²) in [5.41, 5.74) is 0.593. The number of sulfone groups is 1. The number of para-hydroxylation sites is 1. The van der Waals surface area contributed by atoms with E-state index in [1.54, 1.807) is 25.3 Å². The first-order valence-electron chi connectivity index (χ1n) is 11.0. The normalized spacial score (nSPS) is 18.2. The van der Waals surface area contributed by atoms with E-state index in [4.69, 9.17) is 18.6 Å². The van der Waals surface area contributed by atoms with Crippen molar-refractivity contribution in [1.29, 1.82) is 0 Å². The average Bonchev–Trinajstić information content (AvgIpc) is 3.30. The lowest BCUT2D eigenvalue weighted by Crippen LogP contribution is -2.34. The third-order valence-electron chi connectivity index (χ3n) is 5.94. The molecule has 9 heteroatoms. The van der Waals surface area contributed by atoms with E-state index in [9.17, 15) is 8.42 Å². The first-order chi connectivity index (χ1) is 16.0. The molecule has 1 fully saturated rings. The second-order valence-electron chi connectivity index (χ2n) is 8.33. The number of oxazole rings is 1. The molecule has 1 aromatic heterocycles. The van der Waals surface area contributed by atoms with Crippen molar-refractivity contribution in [3.05, 3.63) is 42.5 Å². The van der Waals surface area contributed by atoms with E-state index in [-0.39, 0.29) is 21.7 Å². The van der Waals surface area contributed by atoms with E-state index < -0.39 is 9.84 Å². The molecule has 0 bridgehead atoms. The van der Waals surface area contributed by atoms with E-state index >= 15 is 0 Å². The maximum atomic E-state index is 13.8. The molecule has 0 aliphatic carbocycles. The van der Waals surface area contributed by atoms with Crippen LogP contribution in [0.4, 0.5) is 5.88 Å². The molecule has 8 nitrogen and oxygen atoms in total. The van der Waals surface area contributed by atoms with Crippen molar-refractivity contribution in [3.63, 3.8) is 0 Å². The lowest BCUT2D eigenvalue weighted by Gasteiger charge is -2.30. The summed E-state index contributed by atoms with van der Waals surface area (Å²) in [6, 6.07) is 11.9. The summed E-state index contributed by atoms with van der Waals surface area (Å²) in [6.45, 7) is 4.36. The smallest absolute Gasteiger partial charge is 0.236 e. The summed E-state index contributed by atoms with van der Waals surface area (Å²) in [7, 11) is -2.44. The van der Waals surface area contributed by atoms with Gasteiger partial charge in [0.2, 0.25) is 26.6 Å². The van der Waals surface area contributed by atoms with Gasteiger partial charge in [0, 0.05) is 19.2 Å². The Balaban J connectivity index is 1.64. The van der Waals surface area contributed by atoms with Gasteiger partial charge in [-0.25, -0.2) is 8.42 Å². The number of benzene rings is 2. The van der Waals surface area contributed by atoms with E-state index in [0.717, 1.165) is 12.8 Å². The summed E-state index contributed by atoms with van der Waals surface area (Å²) < 4.78 is 50.3. The molecule has 2 aromatic carbocycles. The molecule has 1 saturated heterocycles. The minimum atomic E-state index is -4.00. The lowest BCUT2D eigenvalue weighted by atomic mass is 10.0. The number of methoxy groups -OCH3 is 1. The monoisotopic (exact) mass is 470 g/mol. The van der Waals surface area contributed by atoms with Crippen molar-refractivity contribution >= 4 is 15.7 Å². The molecule has 1 unspecified atom stereocenters. The molecule has 2 aliphatic rings. The van der Waals surface area contributed by atoms with Gasteiger partial charge in [0.05, 0.1) is 17.6 Å². The first kappa shape index (κ1) is 21.6. The molecule has 0 N–H and O–H groups in total. The molecular formula is C24H26N2O6S. The summed E-state index contributed by atoms with van der Waals surface area (Å²) in [5, 5.41) is -0.103. The molecule has 0 saturated carbocycles. The standard InChI is InChI=1S/C24H26N2O6S/c1-16-6-5-11-26(15-16)24-23(25-22(32-24)18-7-3-4-8-19(18)29-2)33(27,28)17-9-10-20-21(14-17)31-13-12-30-20/h3-4,7-10,14,16H,5-6,11-13,15H2,1-2H3. The van der Waals surface area contributed by atoms with Gasteiger partial charge in [0.15, 0.2) is 11.5 Å². The number of rotatable bonds is 5. The molecule has 2 aliphatic heterocycles. The Kier molecular flexibility index (Phi) is 5.65. The van der Waals surface area contributed by atoms with Crippen LogP contribution in [0.1, 0.15) is 19.8 Å². The Labute approximate surface area is 193 Å². The topological polar surface area (TPSA) is 91.1 Å². The third-order valence-corrected chi connectivity index (χ3v) is 7.59. The molecule has 0 amide bonds. The van der Waals surface area contributed by atoms with Crippen LogP contribution in [0.2, 0.25) is 0 Å². The lowest BCUT2D eigenvalue weighted by molar-refractivity contribution is 0.171. The highest BCUT2D eigenvalue weighted by molar-refractivity contribution is 7.91. The maximum absolute atomic E-state index is 13.8. The van der Waals surface area contributed by atoms with E-state index in [0.29, 0.717) is 55.0 Å². The fourth-order valence-electron chi connectivity index (χ4n) is 4.29. The number of hydrogen-bond acceptors (Lipinski definition) is 8. The number of anilines is 1. The number of piperidine rings is 1. The molecule has 3 heterocycles. The van der Waals surface area contributed by atoms with Gasteiger partial charge in [-0.15, -0.1) is 0 Å². The van der Waals surface area contributed by atoms with Crippen LogP contribution in [-0.4, -0.2) is 46.8 Å². The predicted molar refractivity (Wildman–Crippen MR) is 122 cm³/mol. The second kappa shape index (κ2) is 8.62. The summed E-state index contributed by atoms with van der Waals surface area (Å²) >= 11 is 0. The molecule has 0 radical (unpaired) electrons. The van der Waals surface area contributed by atoms with Gasteiger partial charge < -0.3 is 23.5 Å². The number of hydrogen-bond donors (Lipinski definition) is 0. The van der Waals surface area contributed by atoms with Crippen LogP contribution >= 0.6 is 0 Å². The van der Waals surface area contributed by atoms with Crippen LogP contribution in [0.3, 0.4) is 0 Å². The van der Waals surface area contributed by atoms with E-state index in [1.165, 1.54) is 12.1 Å². The van der Waals surface area contributed by atoms with Crippen LogP contribution in [-0.2, 0) is 9.84 Å². The first-order valence-corrected chi connectivity index (χ1v) is 12.5. The molecule has 33 heavy (non-hydrogen) atoms. The van der Waals surface area contributed by atoms with Crippen molar-refractivity contribution in [2.24, 2.45) is 5.92 Å². The summed E-state index contributed by atoms with van der Waals surface area (Å²) in [6.07, 6.45) is 2.05. The number of aromatic nitrogens is 1. The zero-order valence-corrected chi connectivity index (χ0v) is 19.4. The van der Waals surface area contributed by atoms with Gasteiger partial charge in [0.1, 0.15) is 19.0 Å². The van der Waals surface area contributed by atoms with Crippen LogP contribution in [0.5, 0.6) is 17.2 Å². The predicted octanol–water partition coefficient (Wildman–Crippen LogP) is 4.19. The van der Waals surface area contributed by atoms with Gasteiger partial charge in [-0.3, -0.25) is 0 Å². The largest absolute Gasteiger partial charge is 0.496 e. The maximum Gasteiger partial charge on any atom is 0.236 e. The zero-order chi connectivity index (χ0) is 23.0. The Hall–Kier alpha value is -3.20. The summed E-state index contributed by atoms with van der Waals surface area (Å²) in [4.78, 5) is 6.56. The summed E-state index contributed by atoms with van der Waals surface area (Å²) in [5.74, 6) is 2.38. The number of fused-ring (bicyclic) bond motifs is 1. The van der Waals surface area contributed by atoms with Gasteiger partial charge in [-0.1, -0.05) is 19.1 Å². The molecule has 174 valence electrons. The Morgan fingerprint density at radius 3 is 2.67 bits per heavy atom. The van der Waals surface area contributed by atoms with Crippen LogP contribution in [0.25, 0.3) is 11.5 Å². The van der Waals surface area contributed by atoms with Gasteiger partial charge >= 0.3 is 0 Å².